The van der Waals surface area contributed by atoms with E-state index in [1.165, 1.54) is 24.3 Å². The van der Waals surface area contributed by atoms with Crippen LogP contribution in [0.15, 0.2) is 54.6 Å². The van der Waals surface area contributed by atoms with Crippen molar-refractivity contribution in [1.29, 1.82) is 0 Å². The Labute approximate surface area is 187 Å². The summed E-state index contributed by atoms with van der Waals surface area (Å²) in [4.78, 5) is 34.3. The quantitative estimate of drug-likeness (QED) is 0.424. The van der Waals surface area contributed by atoms with Crippen molar-refractivity contribution in [3.05, 3.63) is 71.3 Å². The summed E-state index contributed by atoms with van der Waals surface area (Å²) < 4.78 is 63.2. The van der Waals surface area contributed by atoms with Crippen LogP contribution in [0.25, 0.3) is 0 Å². The highest BCUT2D eigenvalue weighted by Crippen LogP contribution is 2.15. The molecule has 0 aliphatic heterocycles. The molecule has 0 saturated heterocycles. The maximum Gasteiger partial charge on any atom is 0.471 e. The molecule has 4 N–H and O–H groups in total. The van der Waals surface area contributed by atoms with Gasteiger partial charge in [0.15, 0.2) is 0 Å². The van der Waals surface area contributed by atoms with E-state index in [4.69, 9.17) is 5.11 Å². The lowest BCUT2D eigenvalue weighted by Crippen LogP contribution is -2.49. The smallest absolute Gasteiger partial charge is 0.465 e. The summed E-state index contributed by atoms with van der Waals surface area (Å²) in [5, 5.41) is 12.6. The SMILES string of the molecule is O=C(O)N[C@@H](Cc1ccccc1)C(=O)NS(=O)(=O)Cc1ccc(CNC(=O)C(F)(F)F)cc1. The third-order valence-electron chi connectivity index (χ3n) is 4.24. The minimum atomic E-state index is -5.01. The fourth-order valence-electron chi connectivity index (χ4n) is 2.72. The number of hydrogen-bond acceptors (Lipinski definition) is 5. The van der Waals surface area contributed by atoms with E-state index in [1.54, 1.807) is 35.6 Å². The lowest BCUT2D eigenvalue weighted by Gasteiger charge is -2.17. The van der Waals surface area contributed by atoms with E-state index in [-0.39, 0.29) is 12.0 Å². The van der Waals surface area contributed by atoms with E-state index < -0.39 is 52.4 Å². The number of benzene rings is 2. The Hall–Kier alpha value is -3.61. The van der Waals surface area contributed by atoms with Crippen molar-refractivity contribution in [3.63, 3.8) is 0 Å². The summed E-state index contributed by atoms with van der Waals surface area (Å²) in [7, 11) is -4.22. The molecule has 0 heterocycles. The lowest BCUT2D eigenvalue weighted by atomic mass is 10.1. The van der Waals surface area contributed by atoms with Crippen LogP contribution in [0.5, 0.6) is 0 Å². The number of halogens is 3. The van der Waals surface area contributed by atoms with Crippen LogP contribution in [-0.4, -0.2) is 43.7 Å². The first-order chi connectivity index (χ1) is 15.4. The van der Waals surface area contributed by atoms with E-state index in [2.05, 4.69) is 0 Å². The molecule has 0 unspecified atom stereocenters. The molecule has 13 heteroatoms. The molecule has 0 fully saturated rings. The Morgan fingerprint density at radius 2 is 1.48 bits per heavy atom. The molecule has 0 aromatic heterocycles. The van der Waals surface area contributed by atoms with Gasteiger partial charge in [0, 0.05) is 13.0 Å². The fourth-order valence-corrected chi connectivity index (χ4v) is 3.88. The first kappa shape index (κ1) is 25.6. The Kier molecular flexibility index (Phi) is 8.40. The summed E-state index contributed by atoms with van der Waals surface area (Å²) >= 11 is 0. The van der Waals surface area contributed by atoms with Crippen molar-refractivity contribution < 1.29 is 41.1 Å². The number of carboxylic acid groups (broad SMARTS) is 1. The monoisotopic (exact) mass is 487 g/mol. The molecule has 3 amide bonds. The molecule has 2 rings (SSSR count). The van der Waals surface area contributed by atoms with Gasteiger partial charge in [0.1, 0.15) is 6.04 Å². The second-order valence-electron chi connectivity index (χ2n) is 6.91. The van der Waals surface area contributed by atoms with Crippen LogP contribution in [-0.2, 0) is 38.3 Å². The molecule has 0 aliphatic rings. The predicted molar refractivity (Wildman–Crippen MR) is 110 cm³/mol. The third kappa shape index (κ3) is 8.80. The van der Waals surface area contributed by atoms with Gasteiger partial charge in [0.25, 0.3) is 5.91 Å². The van der Waals surface area contributed by atoms with Crippen LogP contribution in [0.2, 0.25) is 0 Å². The summed E-state index contributed by atoms with van der Waals surface area (Å²) in [6.45, 7) is -0.413. The van der Waals surface area contributed by atoms with Crippen LogP contribution >= 0.6 is 0 Å². The van der Waals surface area contributed by atoms with Gasteiger partial charge >= 0.3 is 18.2 Å². The third-order valence-corrected chi connectivity index (χ3v) is 5.47. The summed E-state index contributed by atoms with van der Waals surface area (Å²) in [6, 6.07) is 12.3. The standard InChI is InChI=1S/C20H20F3N3O6S/c21-20(22,23)18(28)24-11-14-6-8-15(9-7-14)12-33(31,32)26-17(27)16(25-19(29)30)10-13-4-2-1-3-5-13/h1-9,16,25H,10-12H2,(H,24,28)(H,26,27)(H,29,30)/t16-/m0/s1. The number of hydrogen-bond donors (Lipinski definition) is 4. The van der Waals surface area contributed by atoms with Gasteiger partial charge in [0.2, 0.25) is 10.0 Å². The summed E-state index contributed by atoms with van der Waals surface area (Å²) in [5.41, 5.74) is 1.12. The number of alkyl halides is 3. The topological polar surface area (TPSA) is 142 Å². The highest BCUT2D eigenvalue weighted by molar-refractivity contribution is 7.89. The summed E-state index contributed by atoms with van der Waals surface area (Å²) in [6.07, 6.45) is -6.59. The largest absolute Gasteiger partial charge is 0.471 e. The molecule has 0 saturated carbocycles. The first-order valence-corrected chi connectivity index (χ1v) is 11.0. The van der Waals surface area contributed by atoms with Crippen molar-refractivity contribution in [2.75, 3.05) is 0 Å². The molecule has 0 radical (unpaired) electrons. The van der Waals surface area contributed by atoms with Gasteiger partial charge in [0.05, 0.1) is 5.75 Å². The zero-order valence-electron chi connectivity index (χ0n) is 16.9. The summed E-state index contributed by atoms with van der Waals surface area (Å²) in [5.74, 6) is -3.80. The average Bonchev–Trinajstić information content (AvgIpc) is 2.71. The molecule has 0 aliphatic carbocycles. The van der Waals surface area contributed by atoms with Crippen molar-refractivity contribution in [1.82, 2.24) is 15.4 Å². The van der Waals surface area contributed by atoms with E-state index in [0.717, 1.165) is 0 Å². The molecule has 0 spiro atoms. The van der Waals surface area contributed by atoms with Crippen LogP contribution in [0.1, 0.15) is 16.7 Å². The van der Waals surface area contributed by atoms with E-state index in [1.807, 2.05) is 10.0 Å². The van der Waals surface area contributed by atoms with E-state index in [9.17, 15) is 36.0 Å². The highest BCUT2D eigenvalue weighted by atomic mass is 32.2. The number of amides is 3. The van der Waals surface area contributed by atoms with Crippen molar-refractivity contribution in [3.8, 4) is 0 Å². The highest BCUT2D eigenvalue weighted by Gasteiger charge is 2.38. The zero-order chi connectivity index (χ0) is 24.6. The molecular formula is C20H20F3N3O6S. The molecule has 9 nitrogen and oxygen atoms in total. The molecule has 33 heavy (non-hydrogen) atoms. The second-order valence-corrected chi connectivity index (χ2v) is 8.64. The molecule has 0 bridgehead atoms. The van der Waals surface area contributed by atoms with Crippen LogP contribution in [0.4, 0.5) is 18.0 Å². The van der Waals surface area contributed by atoms with Gasteiger partial charge < -0.3 is 15.7 Å². The van der Waals surface area contributed by atoms with E-state index in [0.29, 0.717) is 11.1 Å². The minimum Gasteiger partial charge on any atom is -0.465 e. The Morgan fingerprint density at radius 3 is 2.03 bits per heavy atom. The average molecular weight is 487 g/mol. The van der Waals surface area contributed by atoms with Gasteiger partial charge in [-0.15, -0.1) is 0 Å². The number of carbonyl (C=O) groups is 3. The number of sulfonamides is 1. The molecule has 2 aromatic rings. The van der Waals surface area contributed by atoms with Crippen molar-refractivity contribution in [2.24, 2.45) is 0 Å². The van der Waals surface area contributed by atoms with E-state index >= 15 is 0 Å². The number of carbonyl (C=O) groups excluding carboxylic acids is 2. The zero-order valence-corrected chi connectivity index (χ0v) is 17.7. The molecule has 1 atom stereocenters. The van der Waals surface area contributed by atoms with Gasteiger partial charge in [-0.1, -0.05) is 54.6 Å². The Morgan fingerprint density at radius 1 is 0.909 bits per heavy atom. The number of nitrogens with one attached hydrogen (secondary N) is 3. The Bertz CT molecular complexity index is 1090. The van der Waals surface area contributed by atoms with Crippen LogP contribution in [0.3, 0.4) is 0 Å². The first-order valence-electron chi connectivity index (χ1n) is 9.36. The molecule has 178 valence electrons. The Balaban J connectivity index is 2.00. The lowest BCUT2D eigenvalue weighted by molar-refractivity contribution is -0.173. The number of rotatable bonds is 9. The van der Waals surface area contributed by atoms with Crippen LogP contribution in [0, 0.1) is 0 Å². The maximum atomic E-state index is 12.4. The molecule has 2 aromatic carbocycles. The second kappa shape index (κ2) is 10.8. The predicted octanol–water partition coefficient (Wildman–Crippen LogP) is 1.69. The van der Waals surface area contributed by atoms with Gasteiger partial charge in [-0.3, -0.25) is 14.3 Å². The molecular weight excluding hydrogens is 467 g/mol. The van der Waals surface area contributed by atoms with Crippen molar-refractivity contribution >= 4 is 27.9 Å². The maximum absolute atomic E-state index is 12.4. The van der Waals surface area contributed by atoms with Gasteiger partial charge in [-0.2, -0.15) is 13.2 Å². The van der Waals surface area contributed by atoms with Gasteiger partial charge in [-0.05, 0) is 16.7 Å². The van der Waals surface area contributed by atoms with Crippen molar-refractivity contribution in [2.45, 2.75) is 30.9 Å². The minimum absolute atomic E-state index is 0.0766. The normalized spacial score (nSPS) is 12.5. The fraction of sp³-hybridized carbons (Fsp3) is 0.250. The van der Waals surface area contributed by atoms with Crippen LogP contribution < -0.4 is 15.4 Å². The van der Waals surface area contributed by atoms with Gasteiger partial charge in [-0.25, -0.2) is 13.2 Å².